The Labute approximate surface area is 167 Å². The predicted molar refractivity (Wildman–Crippen MR) is 107 cm³/mol. The Bertz CT molecular complexity index is 971. The highest BCUT2D eigenvalue weighted by Crippen LogP contribution is 2.30. The lowest BCUT2D eigenvalue weighted by molar-refractivity contribution is -0.384. The van der Waals surface area contributed by atoms with E-state index in [0.29, 0.717) is 43.1 Å². The van der Waals surface area contributed by atoms with Crippen molar-refractivity contribution in [2.75, 3.05) is 36.4 Å². The van der Waals surface area contributed by atoms with Crippen molar-refractivity contribution in [1.82, 2.24) is 4.90 Å². The van der Waals surface area contributed by atoms with E-state index in [4.69, 9.17) is 0 Å². The second kappa shape index (κ2) is 8.26. The average molecular weight is 400 g/mol. The summed E-state index contributed by atoms with van der Waals surface area (Å²) >= 11 is 0. The molecule has 0 bridgehead atoms. The Morgan fingerprint density at radius 3 is 2.41 bits per heavy atom. The predicted octanol–water partition coefficient (Wildman–Crippen LogP) is 2.96. The monoisotopic (exact) mass is 400 g/mol. The van der Waals surface area contributed by atoms with Gasteiger partial charge in [-0.2, -0.15) is 0 Å². The first-order valence-corrected chi connectivity index (χ1v) is 9.12. The van der Waals surface area contributed by atoms with E-state index >= 15 is 0 Å². The molecule has 8 nitrogen and oxygen atoms in total. The van der Waals surface area contributed by atoms with Crippen LogP contribution in [0.1, 0.15) is 22.8 Å². The maximum absolute atomic E-state index is 13.4. The number of hydrogen-bond donors (Lipinski definition) is 1. The molecule has 0 aromatic heterocycles. The third kappa shape index (κ3) is 4.50. The molecular weight excluding hydrogens is 379 g/mol. The zero-order valence-electron chi connectivity index (χ0n) is 16.1. The minimum Gasteiger partial charge on any atom is -0.362 e. The van der Waals surface area contributed by atoms with E-state index in [0.717, 1.165) is 0 Å². The maximum atomic E-state index is 13.4. The van der Waals surface area contributed by atoms with Crippen LogP contribution in [0.5, 0.6) is 0 Å². The molecule has 0 unspecified atom stereocenters. The van der Waals surface area contributed by atoms with Crippen molar-refractivity contribution in [3.8, 4) is 0 Å². The van der Waals surface area contributed by atoms with Crippen LogP contribution in [-0.4, -0.2) is 47.8 Å². The number of anilines is 2. The number of piperazine rings is 1. The number of nitrogens with one attached hydrogen (secondary N) is 1. The highest BCUT2D eigenvalue weighted by molar-refractivity contribution is 6.05. The summed E-state index contributed by atoms with van der Waals surface area (Å²) in [6, 6.07) is 8.29. The van der Waals surface area contributed by atoms with Gasteiger partial charge in [-0.05, 0) is 36.8 Å². The highest BCUT2D eigenvalue weighted by Gasteiger charge is 2.26. The van der Waals surface area contributed by atoms with Crippen molar-refractivity contribution < 1.29 is 18.9 Å². The summed E-state index contributed by atoms with van der Waals surface area (Å²) in [6.07, 6.45) is 0. The van der Waals surface area contributed by atoms with Crippen LogP contribution in [0.15, 0.2) is 36.4 Å². The number of halogens is 1. The average Bonchev–Trinajstić information content (AvgIpc) is 2.70. The molecule has 2 aromatic carbocycles. The van der Waals surface area contributed by atoms with Crippen LogP contribution in [0.4, 0.5) is 21.5 Å². The molecule has 2 aromatic rings. The molecule has 2 amide bonds. The van der Waals surface area contributed by atoms with Gasteiger partial charge < -0.3 is 15.1 Å². The van der Waals surface area contributed by atoms with Crippen LogP contribution in [-0.2, 0) is 4.79 Å². The third-order valence-corrected chi connectivity index (χ3v) is 4.95. The second-order valence-corrected chi connectivity index (χ2v) is 6.87. The maximum Gasteiger partial charge on any atom is 0.293 e. The smallest absolute Gasteiger partial charge is 0.293 e. The van der Waals surface area contributed by atoms with E-state index in [1.165, 1.54) is 43.3 Å². The summed E-state index contributed by atoms with van der Waals surface area (Å²) in [4.78, 5) is 38.6. The zero-order chi connectivity index (χ0) is 21.1. The van der Waals surface area contributed by atoms with Crippen molar-refractivity contribution in [3.63, 3.8) is 0 Å². The van der Waals surface area contributed by atoms with Crippen molar-refractivity contribution in [3.05, 3.63) is 63.5 Å². The van der Waals surface area contributed by atoms with E-state index in [1.807, 2.05) is 4.90 Å². The first kappa shape index (κ1) is 20.2. The van der Waals surface area contributed by atoms with Crippen molar-refractivity contribution in [2.45, 2.75) is 13.8 Å². The molecule has 29 heavy (non-hydrogen) atoms. The summed E-state index contributed by atoms with van der Waals surface area (Å²) in [6.45, 7) is 5.11. The van der Waals surface area contributed by atoms with Gasteiger partial charge in [0.05, 0.1) is 4.92 Å². The van der Waals surface area contributed by atoms with Crippen molar-refractivity contribution in [1.29, 1.82) is 0 Å². The van der Waals surface area contributed by atoms with Crippen LogP contribution in [0.25, 0.3) is 0 Å². The van der Waals surface area contributed by atoms with Crippen LogP contribution in [0.3, 0.4) is 0 Å². The minimum absolute atomic E-state index is 0.0289. The molecule has 1 aliphatic heterocycles. The van der Waals surface area contributed by atoms with Crippen molar-refractivity contribution >= 4 is 28.9 Å². The number of nitro groups is 1. The van der Waals surface area contributed by atoms with Crippen LogP contribution in [0.2, 0.25) is 0 Å². The molecule has 0 radical (unpaired) electrons. The number of carbonyl (C=O) groups excluding carboxylic acids is 2. The van der Waals surface area contributed by atoms with Crippen LogP contribution >= 0.6 is 0 Å². The van der Waals surface area contributed by atoms with Gasteiger partial charge in [-0.15, -0.1) is 0 Å². The summed E-state index contributed by atoms with van der Waals surface area (Å²) in [5.74, 6) is -1.08. The van der Waals surface area contributed by atoms with Gasteiger partial charge in [-0.3, -0.25) is 19.7 Å². The summed E-state index contributed by atoms with van der Waals surface area (Å²) in [5, 5.41) is 14.2. The van der Waals surface area contributed by atoms with E-state index in [1.54, 1.807) is 11.8 Å². The molecule has 0 atom stereocenters. The zero-order valence-corrected chi connectivity index (χ0v) is 16.1. The minimum atomic E-state index is -0.560. The number of amides is 2. The summed E-state index contributed by atoms with van der Waals surface area (Å²) < 4.78 is 13.4. The van der Waals surface area contributed by atoms with Gasteiger partial charge in [0.25, 0.3) is 11.6 Å². The van der Waals surface area contributed by atoms with E-state index in [9.17, 15) is 24.1 Å². The number of rotatable bonds is 4. The normalized spacial score (nSPS) is 13.9. The van der Waals surface area contributed by atoms with Gasteiger partial charge in [-0.25, -0.2) is 4.39 Å². The summed E-state index contributed by atoms with van der Waals surface area (Å²) in [5.41, 5.74) is 1.30. The fourth-order valence-electron chi connectivity index (χ4n) is 3.26. The number of aryl methyl sites for hydroxylation is 1. The third-order valence-electron chi connectivity index (χ3n) is 4.95. The Morgan fingerprint density at radius 1 is 1.10 bits per heavy atom. The van der Waals surface area contributed by atoms with E-state index in [2.05, 4.69) is 5.32 Å². The highest BCUT2D eigenvalue weighted by atomic mass is 19.1. The Kier molecular flexibility index (Phi) is 5.76. The molecule has 1 N–H and O–H groups in total. The first-order chi connectivity index (χ1) is 13.8. The second-order valence-electron chi connectivity index (χ2n) is 6.87. The quantitative estimate of drug-likeness (QED) is 0.629. The lowest BCUT2D eigenvalue weighted by Crippen LogP contribution is -2.48. The molecule has 1 heterocycles. The fourth-order valence-corrected chi connectivity index (χ4v) is 3.26. The lowest BCUT2D eigenvalue weighted by atomic mass is 10.1. The fraction of sp³-hybridized carbons (Fsp3) is 0.300. The van der Waals surface area contributed by atoms with Crippen molar-refractivity contribution in [2.24, 2.45) is 0 Å². The number of benzene rings is 2. The lowest BCUT2D eigenvalue weighted by Gasteiger charge is -2.35. The molecule has 1 aliphatic rings. The van der Waals surface area contributed by atoms with Crippen LogP contribution < -0.4 is 10.2 Å². The molecule has 9 heteroatoms. The van der Waals surface area contributed by atoms with Gasteiger partial charge in [0, 0.05) is 50.4 Å². The molecule has 3 rings (SSSR count). The largest absolute Gasteiger partial charge is 0.362 e. The topological polar surface area (TPSA) is 95.8 Å². The van der Waals surface area contributed by atoms with Gasteiger partial charge in [-0.1, -0.05) is 6.07 Å². The number of hydrogen-bond acceptors (Lipinski definition) is 5. The Balaban J connectivity index is 1.82. The Hall–Kier alpha value is -3.49. The summed E-state index contributed by atoms with van der Waals surface area (Å²) in [7, 11) is 0. The van der Waals surface area contributed by atoms with Crippen LogP contribution in [0, 0.1) is 22.9 Å². The molecule has 1 saturated heterocycles. The van der Waals surface area contributed by atoms with Gasteiger partial charge in [0.1, 0.15) is 11.5 Å². The standard InChI is InChI=1S/C20H21FN4O4/c1-13-3-5-16(21)12-17(13)22-20(27)15-4-6-18(19(11-15)25(28)29)24-9-7-23(8-10-24)14(2)26/h3-6,11-12H,7-10H2,1-2H3,(H,22,27). The number of carbonyl (C=O) groups is 2. The van der Waals surface area contributed by atoms with E-state index in [-0.39, 0.29) is 17.2 Å². The van der Waals surface area contributed by atoms with E-state index < -0.39 is 16.6 Å². The molecule has 0 spiro atoms. The molecule has 0 aliphatic carbocycles. The van der Waals surface area contributed by atoms with Gasteiger partial charge in [0.2, 0.25) is 5.91 Å². The number of nitrogens with zero attached hydrogens (tertiary/aromatic N) is 3. The SMILES string of the molecule is CC(=O)N1CCN(c2ccc(C(=O)Nc3cc(F)ccc3C)cc2[N+](=O)[O-])CC1. The number of nitro benzene ring substituents is 1. The molecular formula is C20H21FN4O4. The molecule has 0 saturated carbocycles. The Morgan fingerprint density at radius 2 is 1.79 bits per heavy atom. The van der Waals surface area contributed by atoms with Gasteiger partial charge >= 0.3 is 0 Å². The molecule has 152 valence electrons. The first-order valence-electron chi connectivity index (χ1n) is 9.12. The van der Waals surface area contributed by atoms with Gasteiger partial charge in [0.15, 0.2) is 0 Å². The molecule has 1 fully saturated rings.